The predicted molar refractivity (Wildman–Crippen MR) is 141 cm³/mol. The van der Waals surface area contributed by atoms with Gasteiger partial charge in [-0.05, 0) is 77.7 Å². The van der Waals surface area contributed by atoms with Crippen LogP contribution >= 0.6 is 0 Å². The average Bonchev–Trinajstić information content (AvgIpc) is 2.91. The van der Waals surface area contributed by atoms with Crippen LogP contribution in [0.4, 0.5) is 0 Å². The number of rotatable bonds is 4. The van der Waals surface area contributed by atoms with E-state index in [0.717, 1.165) is 44.5 Å². The van der Waals surface area contributed by atoms with Gasteiger partial charge in [0.15, 0.2) is 0 Å². The van der Waals surface area contributed by atoms with Gasteiger partial charge in [0.1, 0.15) is 0 Å². The molecule has 34 heavy (non-hydrogen) atoms. The molecule has 0 bridgehead atoms. The second kappa shape index (κ2) is 9.72. The molecule has 4 aromatic carbocycles. The van der Waals surface area contributed by atoms with E-state index < -0.39 is 5.41 Å². The van der Waals surface area contributed by atoms with Crippen LogP contribution in [0.5, 0.6) is 0 Å². The minimum atomic E-state index is -0.619. The van der Waals surface area contributed by atoms with Crippen molar-refractivity contribution in [1.82, 2.24) is 0 Å². The molecule has 0 aliphatic carbocycles. The second-order valence-electron chi connectivity index (χ2n) is 7.87. The molecule has 0 nitrogen and oxygen atoms in total. The lowest BCUT2D eigenvalue weighted by atomic mass is 9.65. The van der Waals surface area contributed by atoms with Gasteiger partial charge in [-0.2, -0.15) is 0 Å². The van der Waals surface area contributed by atoms with Crippen molar-refractivity contribution in [1.29, 1.82) is 0 Å². The second-order valence-corrected chi connectivity index (χ2v) is 7.87. The van der Waals surface area contributed by atoms with Crippen LogP contribution in [0.1, 0.15) is 51.4 Å². The summed E-state index contributed by atoms with van der Waals surface area (Å²) in [6.07, 6.45) is 17.0. The van der Waals surface area contributed by atoms with E-state index in [2.05, 4.69) is 90.3 Å². The predicted octanol–water partition coefficient (Wildman–Crippen LogP) is 6.38. The lowest BCUT2D eigenvalue weighted by Gasteiger charge is -2.37. The molecule has 0 saturated carbocycles. The molecule has 0 aromatic heterocycles. The van der Waals surface area contributed by atoms with Crippen LogP contribution in [0.3, 0.4) is 0 Å². The average molecular weight is 431 g/mol. The Hall–Kier alpha value is -4.88. The molecule has 0 unspecified atom stereocenters. The van der Waals surface area contributed by atoms with Crippen molar-refractivity contribution in [3.05, 3.63) is 142 Å². The van der Waals surface area contributed by atoms with E-state index in [1.807, 2.05) is 43.3 Å². The van der Waals surface area contributed by atoms with Crippen molar-refractivity contribution < 1.29 is 0 Å². The zero-order valence-electron chi connectivity index (χ0n) is 19.0. The molecule has 158 valence electrons. The Morgan fingerprint density at radius 2 is 0.706 bits per heavy atom. The van der Waals surface area contributed by atoms with E-state index in [1.165, 1.54) is 0 Å². The van der Waals surface area contributed by atoms with Gasteiger partial charge in [-0.1, -0.05) is 72.2 Å². The van der Waals surface area contributed by atoms with Crippen LogP contribution in [-0.4, -0.2) is 0 Å². The van der Waals surface area contributed by atoms with E-state index in [-0.39, 0.29) is 0 Å². The molecule has 0 fully saturated rings. The topological polar surface area (TPSA) is 0 Å². The molecule has 0 amide bonds. The van der Waals surface area contributed by atoms with E-state index in [0.29, 0.717) is 0 Å². The summed E-state index contributed by atoms with van der Waals surface area (Å²) in [6.45, 7) is 1.84. The van der Waals surface area contributed by atoms with Crippen molar-refractivity contribution in [3.63, 3.8) is 0 Å². The van der Waals surface area contributed by atoms with E-state index in [4.69, 9.17) is 19.3 Å². The first-order chi connectivity index (χ1) is 16.6. The van der Waals surface area contributed by atoms with Gasteiger partial charge in [0.25, 0.3) is 0 Å². The third kappa shape index (κ3) is 3.99. The highest BCUT2D eigenvalue weighted by atomic mass is 14.4. The molecule has 0 aliphatic heterocycles. The van der Waals surface area contributed by atoms with Crippen LogP contribution in [-0.2, 0) is 5.41 Å². The minimum absolute atomic E-state index is 0.619. The third-order valence-corrected chi connectivity index (χ3v) is 6.04. The summed E-state index contributed by atoms with van der Waals surface area (Å²) in [4.78, 5) is 0. The first-order valence-electron chi connectivity index (χ1n) is 10.9. The largest absolute Gasteiger partial charge is 0.115 e. The lowest BCUT2D eigenvalue weighted by Crippen LogP contribution is -2.31. The summed E-state index contributed by atoms with van der Waals surface area (Å²) in [5, 5.41) is 0. The SMILES string of the molecule is C#Cc1ccc(C(c2ccc(C#C)cc2)(c2ccc(C#C)cc2)c2ccc(C#CC)cc2)cc1. The summed E-state index contributed by atoms with van der Waals surface area (Å²) in [6, 6.07) is 32.8. The zero-order chi connectivity index (χ0) is 24.0. The van der Waals surface area contributed by atoms with Crippen LogP contribution in [0, 0.1) is 48.9 Å². The summed E-state index contributed by atoms with van der Waals surface area (Å²) in [5.41, 5.74) is 7.20. The third-order valence-electron chi connectivity index (χ3n) is 6.04. The molecule has 0 atom stereocenters. The Morgan fingerprint density at radius 3 is 0.941 bits per heavy atom. The molecular weight excluding hydrogens is 408 g/mol. The van der Waals surface area contributed by atoms with Crippen molar-refractivity contribution in [3.8, 4) is 48.9 Å². The molecule has 0 N–H and O–H groups in total. The lowest BCUT2D eigenvalue weighted by molar-refractivity contribution is 0.744. The number of terminal acetylenes is 3. The summed E-state index contributed by atoms with van der Waals surface area (Å²) in [7, 11) is 0. The van der Waals surface area contributed by atoms with Gasteiger partial charge < -0.3 is 0 Å². The van der Waals surface area contributed by atoms with Gasteiger partial charge in [0, 0.05) is 22.3 Å². The first kappa shape index (κ1) is 22.3. The van der Waals surface area contributed by atoms with Crippen molar-refractivity contribution in [2.45, 2.75) is 12.3 Å². The van der Waals surface area contributed by atoms with Gasteiger partial charge in [-0.3, -0.25) is 0 Å². The van der Waals surface area contributed by atoms with Crippen molar-refractivity contribution in [2.24, 2.45) is 0 Å². The molecule has 0 heteroatoms. The monoisotopic (exact) mass is 430 g/mol. The molecule has 0 spiro atoms. The Kier molecular flexibility index (Phi) is 6.38. The fourth-order valence-electron chi connectivity index (χ4n) is 4.40. The highest BCUT2D eigenvalue weighted by Crippen LogP contribution is 2.45. The molecule has 0 heterocycles. The quantitative estimate of drug-likeness (QED) is 0.260. The highest BCUT2D eigenvalue weighted by molar-refractivity contribution is 5.62. The number of hydrogen-bond acceptors (Lipinski definition) is 0. The number of hydrogen-bond donors (Lipinski definition) is 0. The smallest absolute Gasteiger partial charge is 0.0701 e. The van der Waals surface area contributed by atoms with E-state index in [1.54, 1.807) is 0 Å². The molecular formula is C34H22. The maximum atomic E-state index is 5.65. The van der Waals surface area contributed by atoms with Crippen LogP contribution in [0.25, 0.3) is 0 Å². The van der Waals surface area contributed by atoms with Gasteiger partial charge in [-0.25, -0.2) is 0 Å². The van der Waals surface area contributed by atoms with Gasteiger partial charge in [0.2, 0.25) is 0 Å². The number of benzene rings is 4. The van der Waals surface area contributed by atoms with Crippen LogP contribution in [0.15, 0.2) is 97.1 Å². The summed E-state index contributed by atoms with van der Waals surface area (Å²) >= 11 is 0. The van der Waals surface area contributed by atoms with Gasteiger partial charge in [-0.15, -0.1) is 25.2 Å². The fourth-order valence-corrected chi connectivity index (χ4v) is 4.40. The van der Waals surface area contributed by atoms with Crippen molar-refractivity contribution in [2.75, 3.05) is 0 Å². The molecule has 0 aliphatic rings. The molecule has 0 radical (unpaired) electrons. The Balaban J connectivity index is 2.10. The van der Waals surface area contributed by atoms with Gasteiger partial charge in [0.05, 0.1) is 5.41 Å². The van der Waals surface area contributed by atoms with Gasteiger partial charge >= 0.3 is 0 Å². The normalized spacial score (nSPS) is 10.2. The van der Waals surface area contributed by atoms with Crippen molar-refractivity contribution >= 4 is 0 Å². The standard InChI is InChI=1S/C34H22/c1-5-9-29-16-24-33(25-17-29)34(30-18-10-26(6-2)11-19-30,31-20-12-27(7-3)13-21-31)32-22-14-28(8-4)15-23-32/h2-4,10-25H,1H3. The van der Waals surface area contributed by atoms with Crippen LogP contribution in [0.2, 0.25) is 0 Å². The minimum Gasteiger partial charge on any atom is -0.115 e. The molecule has 0 saturated heterocycles. The first-order valence-corrected chi connectivity index (χ1v) is 10.9. The summed E-state index contributed by atoms with van der Waals surface area (Å²) in [5.74, 6) is 14.3. The van der Waals surface area contributed by atoms with E-state index in [9.17, 15) is 0 Å². The molecule has 4 aromatic rings. The van der Waals surface area contributed by atoms with E-state index >= 15 is 0 Å². The Labute approximate surface area is 202 Å². The summed E-state index contributed by atoms with van der Waals surface area (Å²) < 4.78 is 0. The fraction of sp³-hybridized carbons (Fsp3) is 0.0588. The Bertz CT molecular complexity index is 1340. The zero-order valence-corrected chi connectivity index (χ0v) is 19.0. The van der Waals surface area contributed by atoms with Crippen LogP contribution < -0.4 is 0 Å². The Morgan fingerprint density at radius 1 is 0.441 bits per heavy atom. The molecule has 4 rings (SSSR count). The maximum Gasteiger partial charge on any atom is 0.0701 e. The highest BCUT2D eigenvalue weighted by Gasteiger charge is 2.38. The maximum absolute atomic E-state index is 5.65.